The predicted octanol–water partition coefficient (Wildman–Crippen LogP) is 0.706. The summed E-state index contributed by atoms with van der Waals surface area (Å²) in [5.41, 5.74) is 0. The number of aliphatic hydroxyl groups excluding tert-OH is 2. The quantitative estimate of drug-likeness (QED) is 0.551. The molecule has 0 amide bonds. The molecule has 0 fully saturated rings. The van der Waals surface area contributed by atoms with Gasteiger partial charge in [0.25, 0.3) is 0 Å². The third kappa shape index (κ3) is 26.0. The molecule has 0 radical (unpaired) electrons. The summed E-state index contributed by atoms with van der Waals surface area (Å²) in [5, 5.41) is 15.2. The van der Waals surface area contributed by atoms with Gasteiger partial charge >= 0.3 is 6.18 Å². The van der Waals surface area contributed by atoms with Crippen molar-refractivity contribution in [3.63, 3.8) is 0 Å². The fourth-order valence-electron chi connectivity index (χ4n) is 0. The van der Waals surface area contributed by atoms with Crippen molar-refractivity contribution < 1.29 is 23.4 Å². The molecule has 0 aliphatic carbocycles. The molecule has 2 nitrogen and oxygen atoms in total. The second kappa shape index (κ2) is 6.57. The number of hydrogen-bond donors (Lipinski definition) is 2. The minimum absolute atomic E-state index is 0.0625. The van der Waals surface area contributed by atoms with Gasteiger partial charge in [0.2, 0.25) is 0 Å². The zero-order valence-electron chi connectivity index (χ0n) is 5.23. The minimum Gasteiger partial charge on any atom is -0.394 e. The summed E-state index contributed by atoms with van der Waals surface area (Å²) in [6.45, 7) is 2.26. The van der Waals surface area contributed by atoms with E-state index in [0.717, 1.165) is 0 Å². The van der Waals surface area contributed by atoms with Crippen molar-refractivity contribution in [1.82, 2.24) is 0 Å². The Morgan fingerprint density at radius 2 is 1.40 bits per heavy atom. The van der Waals surface area contributed by atoms with Crippen molar-refractivity contribution in [3.8, 4) is 0 Å². The summed E-state index contributed by atoms with van der Waals surface area (Å²) >= 11 is 0. The Morgan fingerprint density at radius 1 is 1.20 bits per heavy atom. The number of aliphatic hydroxyl groups is 2. The average molecular weight is 158 g/mol. The van der Waals surface area contributed by atoms with Crippen LogP contribution in [0.15, 0.2) is 12.7 Å². The third-order valence-corrected chi connectivity index (χ3v) is 0.331. The van der Waals surface area contributed by atoms with Crippen LogP contribution in [-0.2, 0) is 0 Å². The van der Waals surface area contributed by atoms with Gasteiger partial charge in [-0.2, -0.15) is 13.2 Å². The van der Waals surface area contributed by atoms with E-state index in [0.29, 0.717) is 0 Å². The largest absolute Gasteiger partial charge is 0.409 e. The first-order valence-electron chi connectivity index (χ1n) is 2.40. The van der Waals surface area contributed by atoms with E-state index in [1.165, 1.54) is 0 Å². The molecular formula is C5H9F3O2. The van der Waals surface area contributed by atoms with Gasteiger partial charge in [0, 0.05) is 6.08 Å². The number of hydrogen-bond acceptors (Lipinski definition) is 2. The van der Waals surface area contributed by atoms with E-state index >= 15 is 0 Å². The molecule has 0 aliphatic heterocycles. The number of alkyl halides is 3. The maximum atomic E-state index is 10.7. The molecule has 2 N–H and O–H groups in total. The maximum absolute atomic E-state index is 10.7. The summed E-state index contributed by atoms with van der Waals surface area (Å²) < 4.78 is 32.0. The van der Waals surface area contributed by atoms with Gasteiger partial charge in [0.1, 0.15) is 0 Å². The van der Waals surface area contributed by atoms with Crippen molar-refractivity contribution in [2.75, 3.05) is 13.2 Å². The second-order valence-corrected chi connectivity index (χ2v) is 1.19. The summed E-state index contributed by atoms with van der Waals surface area (Å²) in [6, 6.07) is 0. The van der Waals surface area contributed by atoms with Crippen LogP contribution in [0, 0.1) is 0 Å². The zero-order valence-corrected chi connectivity index (χ0v) is 5.23. The SMILES string of the molecule is C=CC(F)(F)F.OCCO. The lowest BCUT2D eigenvalue weighted by atomic mass is 10.6. The summed E-state index contributed by atoms with van der Waals surface area (Å²) in [6.07, 6.45) is -4.26. The van der Waals surface area contributed by atoms with Crippen LogP contribution in [0.25, 0.3) is 0 Å². The van der Waals surface area contributed by atoms with Crippen LogP contribution in [0.5, 0.6) is 0 Å². The van der Waals surface area contributed by atoms with Gasteiger partial charge in [-0.25, -0.2) is 0 Å². The highest BCUT2D eigenvalue weighted by Gasteiger charge is 2.19. The lowest BCUT2D eigenvalue weighted by Gasteiger charge is -1.91. The van der Waals surface area contributed by atoms with Crippen molar-refractivity contribution in [3.05, 3.63) is 12.7 Å². The molecule has 0 heterocycles. The molecule has 0 saturated heterocycles. The molecule has 0 bridgehead atoms. The topological polar surface area (TPSA) is 40.5 Å². The molecule has 5 heteroatoms. The van der Waals surface area contributed by atoms with E-state index in [4.69, 9.17) is 10.2 Å². The Balaban J connectivity index is 0. The van der Waals surface area contributed by atoms with Gasteiger partial charge in [0.15, 0.2) is 0 Å². The minimum atomic E-state index is -4.19. The summed E-state index contributed by atoms with van der Waals surface area (Å²) in [7, 11) is 0. The van der Waals surface area contributed by atoms with Gasteiger partial charge in [-0.15, -0.1) is 0 Å². The summed E-state index contributed by atoms with van der Waals surface area (Å²) in [5.74, 6) is 0. The highest BCUT2D eigenvalue weighted by Crippen LogP contribution is 2.13. The third-order valence-electron chi connectivity index (χ3n) is 0.331. The molecule has 0 spiro atoms. The molecule has 0 unspecified atom stereocenters. The maximum Gasteiger partial charge on any atom is 0.409 e. The van der Waals surface area contributed by atoms with Gasteiger partial charge in [-0.3, -0.25) is 0 Å². The second-order valence-electron chi connectivity index (χ2n) is 1.19. The van der Waals surface area contributed by atoms with Crippen LogP contribution in [0.4, 0.5) is 13.2 Å². The standard InChI is InChI=1S/C3H3F3.C2H6O2/c1-2-3(4,5)6;3-1-2-4/h2H,1H2;3-4H,1-2H2. The van der Waals surface area contributed by atoms with Crippen LogP contribution in [0.2, 0.25) is 0 Å². The molecule has 0 saturated carbocycles. The summed E-state index contributed by atoms with van der Waals surface area (Å²) in [4.78, 5) is 0. The molecule has 0 rings (SSSR count). The monoisotopic (exact) mass is 158 g/mol. The smallest absolute Gasteiger partial charge is 0.394 e. The molecule has 62 valence electrons. The first-order chi connectivity index (χ1) is 4.47. The van der Waals surface area contributed by atoms with Crippen molar-refractivity contribution >= 4 is 0 Å². The molecule has 10 heavy (non-hydrogen) atoms. The molecule has 0 aromatic carbocycles. The highest BCUT2D eigenvalue weighted by molar-refractivity contribution is 4.75. The van der Waals surface area contributed by atoms with Crippen LogP contribution in [-0.4, -0.2) is 29.6 Å². The average Bonchev–Trinajstić information content (AvgIpc) is 1.87. The molecule has 0 aromatic rings. The number of halogens is 3. The van der Waals surface area contributed by atoms with E-state index in [9.17, 15) is 13.2 Å². The number of rotatable bonds is 1. The van der Waals surface area contributed by atoms with Gasteiger partial charge < -0.3 is 10.2 Å². The Kier molecular flexibility index (Phi) is 7.99. The molecule has 0 aromatic heterocycles. The molecule has 0 atom stereocenters. The lowest BCUT2D eigenvalue weighted by molar-refractivity contribution is -0.0795. The lowest BCUT2D eigenvalue weighted by Crippen LogP contribution is -1.98. The van der Waals surface area contributed by atoms with Crippen molar-refractivity contribution in [2.45, 2.75) is 6.18 Å². The first-order valence-corrected chi connectivity index (χ1v) is 2.40. The van der Waals surface area contributed by atoms with Gasteiger partial charge in [-0.1, -0.05) is 6.58 Å². The van der Waals surface area contributed by atoms with E-state index in [-0.39, 0.29) is 19.3 Å². The molecular weight excluding hydrogens is 149 g/mol. The highest BCUT2D eigenvalue weighted by atomic mass is 19.4. The Labute approximate surface area is 56.6 Å². The van der Waals surface area contributed by atoms with E-state index in [1.54, 1.807) is 0 Å². The van der Waals surface area contributed by atoms with Crippen LogP contribution < -0.4 is 0 Å². The van der Waals surface area contributed by atoms with E-state index < -0.39 is 6.18 Å². The van der Waals surface area contributed by atoms with Crippen LogP contribution in [0.1, 0.15) is 0 Å². The molecule has 0 aliphatic rings. The Morgan fingerprint density at radius 3 is 1.40 bits per heavy atom. The van der Waals surface area contributed by atoms with Crippen molar-refractivity contribution in [1.29, 1.82) is 0 Å². The Hall–Kier alpha value is -0.550. The number of allylic oxidation sites excluding steroid dienone is 1. The van der Waals surface area contributed by atoms with Crippen molar-refractivity contribution in [2.24, 2.45) is 0 Å². The van der Waals surface area contributed by atoms with E-state index in [1.807, 2.05) is 0 Å². The Bertz CT molecular complexity index is 77.5. The normalized spacial score (nSPS) is 9.70. The van der Waals surface area contributed by atoms with Gasteiger partial charge in [-0.05, 0) is 0 Å². The fraction of sp³-hybridized carbons (Fsp3) is 0.600. The fourth-order valence-corrected chi connectivity index (χ4v) is 0. The zero-order chi connectivity index (χ0) is 8.62. The van der Waals surface area contributed by atoms with Gasteiger partial charge in [0.05, 0.1) is 13.2 Å². The predicted molar refractivity (Wildman–Crippen MR) is 30.4 cm³/mol. The first kappa shape index (κ1) is 12.2. The van der Waals surface area contributed by atoms with Crippen LogP contribution >= 0.6 is 0 Å². The van der Waals surface area contributed by atoms with E-state index in [2.05, 4.69) is 6.58 Å². The van der Waals surface area contributed by atoms with Crippen LogP contribution in [0.3, 0.4) is 0 Å².